The summed E-state index contributed by atoms with van der Waals surface area (Å²) in [6, 6.07) is 2.76. The third-order valence-corrected chi connectivity index (χ3v) is 4.70. The highest BCUT2D eigenvalue weighted by molar-refractivity contribution is 7.07. The van der Waals surface area contributed by atoms with E-state index in [9.17, 15) is 0 Å². The monoisotopic (exact) mass is 291 g/mol. The number of aryl methyl sites for hydroxylation is 3. The van der Waals surface area contributed by atoms with Gasteiger partial charge in [0.05, 0.1) is 5.69 Å². The molecule has 0 radical (unpaired) electrons. The van der Waals surface area contributed by atoms with Gasteiger partial charge in [0.2, 0.25) is 0 Å². The highest BCUT2D eigenvalue weighted by Crippen LogP contribution is 2.17. The first-order valence-electron chi connectivity index (χ1n) is 7.35. The Morgan fingerprint density at radius 1 is 1.40 bits per heavy atom. The van der Waals surface area contributed by atoms with Gasteiger partial charge in [0.1, 0.15) is 0 Å². The molecule has 0 aromatic carbocycles. The SMILES string of the molecule is CCNC(CCc1ccsc1)Cc1c(C)nn(C)c1C. The maximum Gasteiger partial charge on any atom is 0.0628 e. The molecule has 1 N–H and O–H groups in total. The summed E-state index contributed by atoms with van der Waals surface area (Å²) in [6.07, 6.45) is 3.40. The van der Waals surface area contributed by atoms with Crippen LogP contribution in [0.5, 0.6) is 0 Å². The zero-order valence-electron chi connectivity index (χ0n) is 12.9. The van der Waals surface area contributed by atoms with Crippen LogP contribution < -0.4 is 5.32 Å². The van der Waals surface area contributed by atoms with Crippen molar-refractivity contribution in [2.75, 3.05) is 6.54 Å². The van der Waals surface area contributed by atoms with Crippen molar-refractivity contribution < 1.29 is 0 Å². The summed E-state index contributed by atoms with van der Waals surface area (Å²) < 4.78 is 1.99. The van der Waals surface area contributed by atoms with E-state index in [0.717, 1.165) is 19.4 Å². The summed E-state index contributed by atoms with van der Waals surface area (Å²) in [5.41, 5.74) is 5.32. The number of rotatable bonds is 7. The molecule has 0 spiro atoms. The van der Waals surface area contributed by atoms with Crippen LogP contribution in [0.15, 0.2) is 16.8 Å². The first-order valence-corrected chi connectivity index (χ1v) is 8.29. The van der Waals surface area contributed by atoms with Crippen molar-refractivity contribution in [3.63, 3.8) is 0 Å². The van der Waals surface area contributed by atoms with Crippen molar-refractivity contribution in [2.45, 2.75) is 46.1 Å². The smallest absolute Gasteiger partial charge is 0.0628 e. The van der Waals surface area contributed by atoms with Gasteiger partial charge in [0.15, 0.2) is 0 Å². The van der Waals surface area contributed by atoms with Crippen molar-refractivity contribution >= 4 is 11.3 Å². The Kier molecular flexibility index (Phi) is 5.38. The molecule has 0 saturated carbocycles. The second kappa shape index (κ2) is 7.04. The maximum absolute atomic E-state index is 4.52. The van der Waals surface area contributed by atoms with Gasteiger partial charge in [-0.05, 0) is 67.6 Å². The molecule has 0 aliphatic rings. The third kappa shape index (κ3) is 3.70. The maximum atomic E-state index is 4.52. The van der Waals surface area contributed by atoms with E-state index < -0.39 is 0 Å². The predicted molar refractivity (Wildman–Crippen MR) is 86.5 cm³/mol. The Hall–Kier alpha value is -1.13. The van der Waals surface area contributed by atoms with Gasteiger partial charge in [-0.25, -0.2) is 0 Å². The van der Waals surface area contributed by atoms with E-state index in [2.05, 4.69) is 48.0 Å². The topological polar surface area (TPSA) is 29.9 Å². The van der Waals surface area contributed by atoms with Crippen molar-refractivity contribution in [1.29, 1.82) is 0 Å². The number of nitrogens with one attached hydrogen (secondary N) is 1. The average molecular weight is 291 g/mol. The summed E-state index contributed by atoms with van der Waals surface area (Å²) in [5, 5.41) is 12.6. The molecule has 110 valence electrons. The lowest BCUT2D eigenvalue weighted by atomic mass is 9.99. The second-order valence-electron chi connectivity index (χ2n) is 5.40. The average Bonchev–Trinajstić information content (AvgIpc) is 3.00. The molecule has 0 aliphatic heterocycles. The molecule has 0 bridgehead atoms. The molecule has 1 atom stereocenters. The van der Waals surface area contributed by atoms with Crippen molar-refractivity contribution in [2.24, 2.45) is 7.05 Å². The predicted octanol–water partition coefficient (Wildman–Crippen LogP) is 3.25. The zero-order valence-corrected chi connectivity index (χ0v) is 13.8. The standard InChI is InChI=1S/C16H25N3S/c1-5-17-15(7-6-14-8-9-20-11-14)10-16-12(2)18-19(4)13(16)3/h8-9,11,15,17H,5-7,10H2,1-4H3. The Morgan fingerprint density at radius 2 is 2.20 bits per heavy atom. The molecular weight excluding hydrogens is 266 g/mol. The number of aromatic nitrogens is 2. The number of hydrogen-bond donors (Lipinski definition) is 1. The van der Waals surface area contributed by atoms with E-state index in [1.807, 2.05) is 11.7 Å². The van der Waals surface area contributed by atoms with Crippen LogP contribution in [-0.4, -0.2) is 22.4 Å². The van der Waals surface area contributed by atoms with Crippen LogP contribution in [0.1, 0.15) is 35.9 Å². The normalized spacial score (nSPS) is 12.8. The third-order valence-electron chi connectivity index (χ3n) is 3.96. The van der Waals surface area contributed by atoms with Gasteiger partial charge in [-0.1, -0.05) is 6.92 Å². The van der Waals surface area contributed by atoms with Crippen LogP contribution in [0.3, 0.4) is 0 Å². The van der Waals surface area contributed by atoms with Gasteiger partial charge in [0, 0.05) is 18.8 Å². The molecule has 0 fully saturated rings. The Labute approximate surface area is 126 Å². The van der Waals surface area contributed by atoms with Gasteiger partial charge in [-0.3, -0.25) is 4.68 Å². The first-order chi connectivity index (χ1) is 9.61. The molecule has 2 aromatic rings. The molecule has 2 rings (SSSR count). The number of thiophene rings is 1. The summed E-state index contributed by atoms with van der Waals surface area (Å²) in [7, 11) is 2.03. The molecular formula is C16H25N3S. The lowest BCUT2D eigenvalue weighted by molar-refractivity contribution is 0.489. The fraction of sp³-hybridized carbons (Fsp3) is 0.562. The highest BCUT2D eigenvalue weighted by Gasteiger charge is 2.15. The fourth-order valence-corrected chi connectivity index (χ4v) is 3.40. The number of hydrogen-bond acceptors (Lipinski definition) is 3. The fourth-order valence-electron chi connectivity index (χ4n) is 2.70. The molecule has 2 aromatic heterocycles. The van der Waals surface area contributed by atoms with Crippen LogP contribution in [0.25, 0.3) is 0 Å². The van der Waals surface area contributed by atoms with E-state index in [1.54, 1.807) is 11.3 Å². The van der Waals surface area contributed by atoms with Crippen LogP contribution in [0.2, 0.25) is 0 Å². The Morgan fingerprint density at radius 3 is 2.75 bits per heavy atom. The molecule has 0 amide bonds. The van der Waals surface area contributed by atoms with Crippen molar-refractivity contribution in [3.05, 3.63) is 39.3 Å². The number of likely N-dealkylation sites (N-methyl/N-ethyl adjacent to an activating group) is 1. The van der Waals surface area contributed by atoms with Crippen molar-refractivity contribution in [1.82, 2.24) is 15.1 Å². The van der Waals surface area contributed by atoms with E-state index in [-0.39, 0.29) is 0 Å². The lowest BCUT2D eigenvalue weighted by Crippen LogP contribution is -2.31. The van der Waals surface area contributed by atoms with E-state index in [4.69, 9.17) is 0 Å². The molecule has 0 aliphatic carbocycles. The Balaban J connectivity index is 2.01. The Bertz CT molecular complexity index is 528. The molecule has 2 heterocycles. The van der Waals surface area contributed by atoms with E-state index in [1.165, 1.54) is 28.9 Å². The van der Waals surface area contributed by atoms with Crippen LogP contribution in [0, 0.1) is 13.8 Å². The molecule has 20 heavy (non-hydrogen) atoms. The quantitative estimate of drug-likeness (QED) is 0.848. The largest absolute Gasteiger partial charge is 0.314 e. The lowest BCUT2D eigenvalue weighted by Gasteiger charge is -2.18. The van der Waals surface area contributed by atoms with Crippen LogP contribution in [0.4, 0.5) is 0 Å². The molecule has 1 unspecified atom stereocenters. The van der Waals surface area contributed by atoms with E-state index in [0.29, 0.717) is 6.04 Å². The second-order valence-corrected chi connectivity index (χ2v) is 6.18. The molecule has 3 nitrogen and oxygen atoms in total. The van der Waals surface area contributed by atoms with Crippen molar-refractivity contribution in [3.8, 4) is 0 Å². The minimum atomic E-state index is 0.529. The molecule has 0 saturated heterocycles. The van der Waals surface area contributed by atoms with E-state index >= 15 is 0 Å². The zero-order chi connectivity index (χ0) is 14.5. The van der Waals surface area contributed by atoms with Crippen LogP contribution in [-0.2, 0) is 19.9 Å². The van der Waals surface area contributed by atoms with Crippen LogP contribution >= 0.6 is 11.3 Å². The van der Waals surface area contributed by atoms with Gasteiger partial charge in [-0.15, -0.1) is 0 Å². The summed E-state index contributed by atoms with van der Waals surface area (Å²) in [5.74, 6) is 0. The minimum Gasteiger partial charge on any atom is -0.314 e. The first kappa shape index (κ1) is 15.3. The van der Waals surface area contributed by atoms with Gasteiger partial charge in [-0.2, -0.15) is 16.4 Å². The number of nitrogens with zero attached hydrogens (tertiary/aromatic N) is 2. The molecule has 4 heteroatoms. The van der Waals surface area contributed by atoms with Gasteiger partial charge >= 0.3 is 0 Å². The highest BCUT2D eigenvalue weighted by atomic mass is 32.1. The summed E-state index contributed by atoms with van der Waals surface area (Å²) in [4.78, 5) is 0. The minimum absolute atomic E-state index is 0.529. The van der Waals surface area contributed by atoms with Gasteiger partial charge in [0.25, 0.3) is 0 Å². The summed E-state index contributed by atoms with van der Waals surface area (Å²) >= 11 is 1.78. The summed E-state index contributed by atoms with van der Waals surface area (Å²) in [6.45, 7) is 7.48. The van der Waals surface area contributed by atoms with Gasteiger partial charge < -0.3 is 5.32 Å².